The molecule has 1 fully saturated rings. The molecule has 0 atom stereocenters. The molecule has 604 valence electrons. The number of fused-ring (bicyclic) bond motifs is 4. The highest BCUT2D eigenvalue weighted by Crippen LogP contribution is 2.39. The molecule has 8 heterocycles. The van der Waals surface area contributed by atoms with E-state index >= 15 is 0 Å². The van der Waals surface area contributed by atoms with Crippen LogP contribution in [0.5, 0.6) is 0 Å². The number of aryl methyl sites for hydroxylation is 4. The number of nitrogens with one attached hydrogen (secondary N) is 4. The van der Waals surface area contributed by atoms with E-state index in [0.717, 1.165) is 138 Å². The maximum atomic E-state index is 13.7. The topological polar surface area (TPSA) is 327 Å². The number of aromatic nitrogens is 16. The number of anilines is 4. The Kier molecular flexibility index (Phi) is 33.2. The molecule has 35 heteroatoms. The van der Waals surface area contributed by atoms with Gasteiger partial charge < -0.3 is 62.5 Å². The van der Waals surface area contributed by atoms with Crippen molar-refractivity contribution in [3.05, 3.63) is 144 Å². The maximum Gasteiger partial charge on any atom is 0.312 e. The molecular weight excluding hydrogens is 1740 g/mol. The Labute approximate surface area is 720 Å². The first kappa shape index (κ1) is 89.3. The van der Waals surface area contributed by atoms with Crippen LogP contribution in [0.4, 0.5) is 27.7 Å². The van der Waals surface area contributed by atoms with Gasteiger partial charge in [0.2, 0.25) is 0 Å². The highest BCUT2D eigenvalue weighted by Gasteiger charge is 2.23. The molecule has 0 aliphatic heterocycles. The second-order valence-electron chi connectivity index (χ2n) is 29.1. The van der Waals surface area contributed by atoms with Crippen LogP contribution >= 0.6 is 128 Å². The number of allylic oxidation sites excluding steroid dienone is 1. The Morgan fingerprint density at radius 3 is 1.19 bits per heavy atom. The molecule has 114 heavy (non-hydrogen) atoms. The molecule has 4 aromatic carbocycles. The maximum absolute atomic E-state index is 13.7. The standard InChI is InChI=1S/C23H31ClN6S.C22H25ClN6S.C17H19Cl2FN6S.C17H20ClIN6S/c1-15(2)26-9-6-10-30-21-19(20(25)27-14-28-21)29-22(30)31-18-12-16(11-17(24)13-18)7-8-23(3,4)5;1-14(2)25-8-3-9-29-21-19(20(24)26-13-27-21)28-22(29)30-18-11-16(10-17(23)12-18)7-6-15-4-5-15;1-9(2)22-4-3-5-26-15-13(14(21)24-16(20)25-15)23-17(26)27-12-7-10(18)6-11(19)8-12;1-10(2)21-4-3-5-25-16-14(15(20)22-9-23-16)24-17(25)26-13-7-11(18)6-12(19)8-13/h7-8,11-15,26H,6,9-10H2,1-5H3,(H2,25,27,28);10-15,25H,3-5,8-9H2,1-2H3,(H2,24,26,27);6-9,22H,3-5H2,1-2H3,(H2,21,24,25);6-10,21H,3-5H2,1-2H3,(H2,20,22,23)/b8-7+;;;. The average Bonchev–Trinajstić information content (AvgIpc) is 1.65. The Morgan fingerprint density at radius 1 is 0.456 bits per heavy atom. The Bertz CT molecular complexity index is 5320. The summed E-state index contributed by atoms with van der Waals surface area (Å²) in [7, 11) is 0. The molecule has 1 aliphatic rings. The number of hydrogen-bond acceptors (Lipinski definition) is 24. The SMILES string of the molecule is CC(C)NCCCn1c(Sc2cc(Cl)cc(/C=C/C(C)(C)C)c2)nc2c(N)ncnc21.CC(C)NCCCn1c(Sc2cc(Cl)cc(C#CC3CC3)c2)nc2c(N)ncnc21.CC(C)NCCCn1c(Sc2cc(Cl)cc(Cl)c2)nc2c(N)nc(F)nc21.CC(C)NCCCn1c(Sc2cc(Cl)cc(I)c2)nc2c(N)ncnc21. The summed E-state index contributed by atoms with van der Waals surface area (Å²) in [5.41, 5.74) is 31.0. The van der Waals surface area contributed by atoms with Gasteiger partial charge in [0.05, 0.1) is 0 Å². The minimum absolute atomic E-state index is 0.0162. The van der Waals surface area contributed by atoms with E-state index in [0.29, 0.717) is 112 Å². The number of hydrogen-bond donors (Lipinski definition) is 8. The Balaban J connectivity index is 0.000000161. The van der Waals surface area contributed by atoms with Crippen LogP contribution < -0.4 is 44.2 Å². The molecule has 0 spiro atoms. The zero-order valence-corrected chi connectivity index (χ0v) is 74.5. The quantitative estimate of drug-likeness (QED) is 0.00934. The van der Waals surface area contributed by atoms with E-state index in [1.165, 1.54) is 43.6 Å². The third-order valence-electron chi connectivity index (χ3n) is 16.6. The van der Waals surface area contributed by atoms with Crippen LogP contribution in [0.3, 0.4) is 0 Å². The lowest BCUT2D eigenvalue weighted by Gasteiger charge is -2.12. The average molecular weight is 1830 g/mol. The Morgan fingerprint density at radius 2 is 0.807 bits per heavy atom. The van der Waals surface area contributed by atoms with Crippen molar-refractivity contribution < 1.29 is 4.39 Å². The second-order valence-corrected chi connectivity index (χ2v) is 36.7. The van der Waals surface area contributed by atoms with Gasteiger partial charge in [-0.2, -0.15) is 14.4 Å². The van der Waals surface area contributed by atoms with Crippen molar-refractivity contribution in [1.82, 2.24) is 99.3 Å². The highest BCUT2D eigenvalue weighted by molar-refractivity contribution is 14.1. The first-order valence-electron chi connectivity index (χ1n) is 37.4. The number of nitrogens with zero attached hydrogens (tertiary/aromatic N) is 16. The van der Waals surface area contributed by atoms with Crippen molar-refractivity contribution in [2.45, 2.75) is 205 Å². The molecule has 0 unspecified atom stereocenters. The van der Waals surface area contributed by atoms with Crippen molar-refractivity contribution in [3.8, 4) is 11.8 Å². The van der Waals surface area contributed by atoms with Crippen molar-refractivity contribution in [1.29, 1.82) is 0 Å². The number of benzene rings is 4. The predicted molar refractivity (Wildman–Crippen MR) is 478 cm³/mol. The third-order valence-corrected chi connectivity index (χ3v) is 22.2. The molecule has 12 aromatic rings. The van der Waals surface area contributed by atoms with Gasteiger partial charge in [0.25, 0.3) is 0 Å². The molecule has 1 aliphatic carbocycles. The van der Waals surface area contributed by atoms with E-state index in [2.05, 4.69) is 221 Å². The van der Waals surface area contributed by atoms with Gasteiger partial charge in [0.15, 0.2) is 88.6 Å². The van der Waals surface area contributed by atoms with Crippen LogP contribution in [0.2, 0.25) is 25.1 Å². The molecule has 0 radical (unpaired) electrons. The van der Waals surface area contributed by atoms with Crippen molar-refractivity contribution in [2.75, 3.05) is 49.1 Å². The summed E-state index contributed by atoms with van der Waals surface area (Å²) in [5, 5.41) is 19.9. The summed E-state index contributed by atoms with van der Waals surface area (Å²) < 4.78 is 23.0. The van der Waals surface area contributed by atoms with Gasteiger partial charge in [-0.3, -0.25) is 0 Å². The number of imidazole rings is 4. The molecule has 8 aromatic heterocycles. The minimum atomic E-state index is -0.871. The van der Waals surface area contributed by atoms with Gasteiger partial charge >= 0.3 is 6.08 Å². The van der Waals surface area contributed by atoms with Gasteiger partial charge in [-0.05, 0) is 171 Å². The van der Waals surface area contributed by atoms with Gasteiger partial charge in [0.1, 0.15) is 19.0 Å². The van der Waals surface area contributed by atoms with Crippen LogP contribution in [-0.2, 0) is 26.2 Å². The van der Waals surface area contributed by atoms with Crippen LogP contribution in [-0.4, -0.2) is 128 Å². The number of nitrogens with two attached hydrogens (primary N) is 4. The number of halogens is 7. The van der Waals surface area contributed by atoms with Crippen molar-refractivity contribution in [3.63, 3.8) is 0 Å². The molecule has 24 nitrogen and oxygen atoms in total. The fourth-order valence-electron chi connectivity index (χ4n) is 11.2. The van der Waals surface area contributed by atoms with E-state index in [4.69, 9.17) is 95.9 Å². The van der Waals surface area contributed by atoms with Crippen molar-refractivity contribution >= 4 is 202 Å². The molecule has 12 N–H and O–H groups in total. The van der Waals surface area contributed by atoms with Gasteiger partial charge in [-0.15, -0.1) is 0 Å². The molecule has 0 amide bonds. The van der Waals surface area contributed by atoms with Crippen LogP contribution in [0, 0.1) is 32.8 Å². The lowest BCUT2D eigenvalue weighted by molar-refractivity contribution is 0.518. The highest BCUT2D eigenvalue weighted by atomic mass is 127. The van der Waals surface area contributed by atoms with E-state index in [9.17, 15) is 4.39 Å². The molecule has 0 saturated heterocycles. The fraction of sp³-hybridized carbons (Fsp3) is 0.392. The first-order valence-corrected chi connectivity index (χ1v) is 43.6. The molecule has 1 saturated carbocycles. The second kappa shape index (κ2) is 42.4. The molecule has 0 bridgehead atoms. The number of rotatable bonds is 29. The van der Waals surface area contributed by atoms with Crippen molar-refractivity contribution in [2.24, 2.45) is 11.3 Å². The lowest BCUT2D eigenvalue weighted by atomic mass is 9.95. The van der Waals surface area contributed by atoms with Crippen LogP contribution in [0.25, 0.3) is 50.7 Å². The first-order chi connectivity index (χ1) is 54.4. The molecule has 13 rings (SSSR count). The predicted octanol–water partition coefficient (Wildman–Crippen LogP) is 18.6. The van der Waals surface area contributed by atoms with Crippen LogP contribution in [0.1, 0.15) is 126 Å². The van der Waals surface area contributed by atoms with Gasteiger partial charge in [0, 0.05) is 110 Å². The van der Waals surface area contributed by atoms with Crippen LogP contribution in [0.15, 0.2) is 138 Å². The van der Waals surface area contributed by atoms with E-state index in [1.54, 1.807) is 53.5 Å². The van der Waals surface area contributed by atoms with Gasteiger partial charge in [-0.25, -0.2) is 49.8 Å². The smallest absolute Gasteiger partial charge is 0.312 e. The fourth-order valence-corrected chi connectivity index (χ4v) is 17.9. The largest absolute Gasteiger partial charge is 0.382 e. The van der Waals surface area contributed by atoms with Gasteiger partial charge in [-0.1, -0.05) is 205 Å². The summed E-state index contributed by atoms with van der Waals surface area (Å²) in [6.07, 6.45) is 14.0. The Hall–Kier alpha value is -7.07. The third kappa shape index (κ3) is 27.0. The lowest BCUT2D eigenvalue weighted by Crippen LogP contribution is -2.24. The molecular formula is C79H95Cl5FIN24S4. The van der Waals surface area contributed by atoms with E-state index < -0.39 is 6.08 Å². The summed E-state index contributed by atoms with van der Waals surface area (Å²) in [4.78, 5) is 55.6. The normalized spacial score (nSPS) is 12.4. The number of nitrogen functional groups attached to an aromatic ring is 4. The van der Waals surface area contributed by atoms with E-state index in [-0.39, 0.29) is 11.2 Å². The minimum Gasteiger partial charge on any atom is -0.382 e. The monoisotopic (exact) mass is 1830 g/mol. The summed E-state index contributed by atoms with van der Waals surface area (Å²) in [6, 6.07) is 24.9. The zero-order chi connectivity index (χ0) is 81.9. The summed E-state index contributed by atoms with van der Waals surface area (Å²) >= 11 is 39.4. The zero-order valence-electron chi connectivity index (χ0n) is 65.3. The van der Waals surface area contributed by atoms with E-state index in [1.807, 2.05) is 41.0 Å². The summed E-state index contributed by atoms with van der Waals surface area (Å²) in [6.45, 7) is 30.1. The summed E-state index contributed by atoms with van der Waals surface area (Å²) in [5.74, 6) is 8.29.